The third kappa shape index (κ3) is 5.48. The van der Waals surface area contributed by atoms with Crippen molar-refractivity contribution in [1.82, 2.24) is 14.2 Å². The van der Waals surface area contributed by atoms with Gasteiger partial charge in [0.05, 0.1) is 34.4 Å². The maximum Gasteiger partial charge on any atom is 0.253 e. The zero-order chi connectivity index (χ0) is 26.2. The normalized spacial score (nSPS) is 19.5. The predicted molar refractivity (Wildman–Crippen MR) is 147 cm³/mol. The van der Waals surface area contributed by atoms with Crippen molar-refractivity contribution < 1.29 is 22.7 Å². The molecule has 2 fully saturated rings. The van der Waals surface area contributed by atoms with Crippen LogP contribution in [0.1, 0.15) is 12.8 Å². The van der Waals surface area contributed by atoms with E-state index < -0.39 is 16.1 Å². The van der Waals surface area contributed by atoms with Crippen molar-refractivity contribution >= 4 is 77.2 Å². The number of anilines is 1. The molecule has 200 valence electrons. The van der Waals surface area contributed by atoms with Gasteiger partial charge in [0.25, 0.3) is 10.0 Å². The molecule has 5 rings (SSSR count). The van der Waals surface area contributed by atoms with E-state index in [0.29, 0.717) is 69.6 Å². The van der Waals surface area contributed by atoms with Gasteiger partial charge in [-0.2, -0.15) is 4.31 Å². The molecule has 2 aliphatic heterocycles. The topological polar surface area (TPSA) is 92.3 Å². The van der Waals surface area contributed by atoms with Gasteiger partial charge in [0.15, 0.2) is 5.13 Å². The lowest BCUT2D eigenvalue weighted by Crippen LogP contribution is -2.50. The summed E-state index contributed by atoms with van der Waals surface area (Å²) in [5, 5.41) is 0.975. The van der Waals surface area contributed by atoms with Crippen molar-refractivity contribution in [3.63, 3.8) is 0 Å². The number of sulfonamides is 1. The summed E-state index contributed by atoms with van der Waals surface area (Å²) in [5.41, 5.74) is 0.572. The molecule has 3 aromatic rings. The number of thiophene rings is 1. The van der Waals surface area contributed by atoms with Crippen LogP contribution in [0.2, 0.25) is 9.36 Å². The van der Waals surface area contributed by atoms with Crippen LogP contribution < -0.4 is 9.64 Å². The van der Waals surface area contributed by atoms with Crippen LogP contribution in [-0.2, 0) is 19.6 Å². The van der Waals surface area contributed by atoms with E-state index in [1.54, 1.807) is 30.2 Å². The molecule has 14 heteroatoms. The van der Waals surface area contributed by atoms with Crippen molar-refractivity contribution in [3.8, 4) is 5.75 Å². The van der Waals surface area contributed by atoms with E-state index in [9.17, 15) is 13.2 Å². The number of benzene rings is 1. The Morgan fingerprint density at radius 2 is 1.97 bits per heavy atom. The van der Waals surface area contributed by atoms with E-state index in [-0.39, 0.29) is 16.7 Å². The molecule has 37 heavy (non-hydrogen) atoms. The second-order valence-electron chi connectivity index (χ2n) is 8.70. The van der Waals surface area contributed by atoms with E-state index in [4.69, 9.17) is 37.7 Å². The highest BCUT2D eigenvalue weighted by atomic mass is 35.5. The van der Waals surface area contributed by atoms with Crippen LogP contribution in [0.25, 0.3) is 10.2 Å². The Kier molecular flexibility index (Phi) is 8.27. The maximum absolute atomic E-state index is 14.1. The van der Waals surface area contributed by atoms with Crippen LogP contribution in [0.4, 0.5) is 5.13 Å². The average molecular weight is 606 g/mol. The van der Waals surface area contributed by atoms with E-state index in [2.05, 4.69) is 4.90 Å². The Morgan fingerprint density at radius 3 is 2.68 bits per heavy atom. The molecule has 1 aromatic carbocycles. The van der Waals surface area contributed by atoms with Gasteiger partial charge in [-0.1, -0.05) is 34.5 Å². The van der Waals surface area contributed by atoms with Gasteiger partial charge in [0.2, 0.25) is 5.91 Å². The number of aromatic nitrogens is 1. The van der Waals surface area contributed by atoms with Crippen molar-refractivity contribution in [2.24, 2.45) is 0 Å². The van der Waals surface area contributed by atoms with Crippen molar-refractivity contribution in [3.05, 3.63) is 33.6 Å². The van der Waals surface area contributed by atoms with Crippen LogP contribution in [0.3, 0.4) is 0 Å². The van der Waals surface area contributed by atoms with Crippen LogP contribution in [0, 0.1) is 0 Å². The van der Waals surface area contributed by atoms with Gasteiger partial charge in [-0.3, -0.25) is 14.6 Å². The van der Waals surface area contributed by atoms with Crippen LogP contribution in [0.5, 0.6) is 5.75 Å². The highest BCUT2D eigenvalue weighted by Gasteiger charge is 2.42. The zero-order valence-electron chi connectivity index (χ0n) is 20.1. The monoisotopic (exact) mass is 604 g/mol. The number of morpholine rings is 1. The van der Waals surface area contributed by atoms with E-state index in [0.717, 1.165) is 24.4 Å². The molecule has 0 radical (unpaired) electrons. The number of thiazole rings is 1. The van der Waals surface area contributed by atoms with Crippen LogP contribution >= 0.6 is 45.9 Å². The molecule has 4 heterocycles. The Labute approximate surface area is 233 Å². The fourth-order valence-electron chi connectivity index (χ4n) is 4.59. The minimum Gasteiger partial charge on any atom is -0.494 e. The summed E-state index contributed by atoms with van der Waals surface area (Å²) >= 11 is 14.8. The van der Waals surface area contributed by atoms with Gasteiger partial charge in [-0.25, -0.2) is 13.4 Å². The van der Waals surface area contributed by atoms with Gasteiger partial charge < -0.3 is 9.47 Å². The minimum atomic E-state index is -3.87. The number of halogens is 2. The maximum atomic E-state index is 14.1. The number of fused-ring (bicyclic) bond motifs is 1. The number of hydrogen-bond acceptors (Lipinski definition) is 9. The number of methoxy groups -OCH3 is 1. The first-order valence-corrected chi connectivity index (χ1v) is 15.6. The highest BCUT2D eigenvalue weighted by molar-refractivity contribution is 7.91. The summed E-state index contributed by atoms with van der Waals surface area (Å²) in [6.07, 6.45) is 1.02. The lowest BCUT2D eigenvalue weighted by molar-refractivity contribution is -0.121. The molecule has 1 unspecified atom stereocenters. The van der Waals surface area contributed by atoms with Gasteiger partial charge >= 0.3 is 0 Å². The Morgan fingerprint density at radius 1 is 1.19 bits per heavy atom. The summed E-state index contributed by atoms with van der Waals surface area (Å²) in [7, 11) is -2.31. The van der Waals surface area contributed by atoms with Gasteiger partial charge in [-0.15, -0.1) is 11.3 Å². The first kappa shape index (κ1) is 27.1. The molecular weight excluding hydrogens is 579 g/mol. The quantitative estimate of drug-likeness (QED) is 0.380. The summed E-state index contributed by atoms with van der Waals surface area (Å²) in [4.78, 5) is 22.7. The number of rotatable bonds is 8. The summed E-state index contributed by atoms with van der Waals surface area (Å²) < 4.78 is 40.3. The van der Waals surface area contributed by atoms with Crippen LogP contribution in [-0.4, -0.2) is 87.6 Å². The molecule has 0 bridgehead atoms. The third-order valence-corrected chi connectivity index (χ3v) is 11.7. The number of carbonyl (C=O) groups is 1. The van der Waals surface area contributed by atoms with Gasteiger partial charge in [-0.05, 0) is 37.1 Å². The lowest BCUT2D eigenvalue weighted by Gasteiger charge is -2.31. The first-order valence-electron chi connectivity index (χ1n) is 11.8. The number of nitrogens with zero attached hydrogens (tertiary/aromatic N) is 4. The largest absolute Gasteiger partial charge is 0.494 e. The fourth-order valence-corrected chi connectivity index (χ4v) is 9.14. The van der Waals surface area contributed by atoms with E-state index in [1.807, 2.05) is 0 Å². The molecule has 0 spiro atoms. The van der Waals surface area contributed by atoms with E-state index >= 15 is 0 Å². The second-order valence-corrected chi connectivity index (χ2v) is 13.9. The average Bonchev–Trinajstić information content (AvgIpc) is 3.65. The standard InChI is InChI=1S/C23H26Cl2N4O5S3/c1-33-17-5-4-15(24)21-20(17)26-23(36-21)28(10-9-27-11-13-34-14-12-27)22(30)16-3-2-8-29(16)37(31,32)19-7-6-18(25)35-19/h4-7,16H,2-3,8-14H2,1H3. The SMILES string of the molecule is COc1ccc(Cl)c2sc(N(CCN3CCOCC3)C(=O)C3CCCN3S(=O)(=O)c3ccc(Cl)s3)nc12. The molecule has 1 amide bonds. The summed E-state index contributed by atoms with van der Waals surface area (Å²) in [6, 6.07) is 5.69. The molecule has 2 aromatic heterocycles. The van der Waals surface area contributed by atoms with Gasteiger partial charge in [0.1, 0.15) is 21.5 Å². The zero-order valence-corrected chi connectivity index (χ0v) is 24.0. The molecule has 0 aliphatic carbocycles. The number of carbonyl (C=O) groups excluding carboxylic acids is 1. The van der Waals surface area contributed by atoms with Gasteiger partial charge in [0, 0.05) is 32.7 Å². The highest BCUT2D eigenvalue weighted by Crippen LogP contribution is 2.40. The minimum absolute atomic E-state index is 0.133. The third-order valence-electron chi connectivity index (χ3n) is 6.51. The van der Waals surface area contributed by atoms with Crippen molar-refractivity contribution in [2.45, 2.75) is 23.1 Å². The van der Waals surface area contributed by atoms with E-state index in [1.165, 1.54) is 21.7 Å². The summed E-state index contributed by atoms with van der Waals surface area (Å²) in [6.45, 7) is 4.05. The first-order chi connectivity index (χ1) is 17.8. The smallest absolute Gasteiger partial charge is 0.253 e. The molecule has 2 aliphatic rings. The second kappa shape index (κ2) is 11.3. The van der Waals surface area contributed by atoms with Crippen molar-refractivity contribution in [1.29, 1.82) is 0 Å². The Balaban J connectivity index is 1.49. The van der Waals surface area contributed by atoms with Crippen molar-refractivity contribution in [2.75, 3.05) is 57.9 Å². The molecule has 0 N–H and O–H groups in total. The molecular formula is C23H26Cl2N4O5S3. The number of hydrogen-bond donors (Lipinski definition) is 0. The predicted octanol–water partition coefficient (Wildman–Crippen LogP) is 4.19. The Hall–Kier alpha value is -1.51. The molecule has 2 saturated heterocycles. The molecule has 0 saturated carbocycles. The molecule has 9 nitrogen and oxygen atoms in total. The summed E-state index contributed by atoms with van der Waals surface area (Å²) in [5.74, 6) is 0.258. The lowest BCUT2D eigenvalue weighted by atomic mass is 10.2. The number of ether oxygens (including phenoxy) is 2. The fraction of sp³-hybridized carbons (Fsp3) is 0.478. The molecule has 1 atom stereocenters. The van der Waals surface area contributed by atoms with Crippen LogP contribution in [0.15, 0.2) is 28.5 Å². The number of amides is 1. The Bertz CT molecular complexity index is 1390.